The molecule has 0 radical (unpaired) electrons. The number of amides is 2. The minimum absolute atomic E-state index is 0.230. The molecule has 1 heterocycles. The number of aliphatic hydroxyl groups excluding tert-OH is 1. The van der Waals surface area contributed by atoms with Crippen LogP contribution in [-0.4, -0.2) is 35.3 Å². The van der Waals surface area contributed by atoms with E-state index in [1.807, 2.05) is 27.7 Å². The molecule has 0 spiro atoms. The minimum atomic E-state index is -0.479. The molecule has 3 N–H and O–H groups in total. The molecule has 1 aromatic rings. The number of hydrogen-bond donors (Lipinski definition) is 3. The first kappa shape index (κ1) is 16.9. The van der Waals surface area contributed by atoms with E-state index in [0.29, 0.717) is 25.4 Å². The van der Waals surface area contributed by atoms with Crippen molar-refractivity contribution < 1.29 is 9.90 Å². The lowest BCUT2D eigenvalue weighted by molar-refractivity contribution is 0.147. The first-order valence-electron chi connectivity index (χ1n) is 7.01. The summed E-state index contributed by atoms with van der Waals surface area (Å²) in [6, 6.07) is -0.230. The number of nitrogens with zero attached hydrogens (tertiary/aromatic N) is 1. The van der Waals surface area contributed by atoms with Gasteiger partial charge < -0.3 is 15.7 Å². The van der Waals surface area contributed by atoms with Crippen molar-refractivity contribution in [2.75, 3.05) is 13.1 Å². The maximum absolute atomic E-state index is 11.6. The zero-order chi connectivity index (χ0) is 15.1. The highest BCUT2D eigenvalue weighted by Crippen LogP contribution is 2.16. The Labute approximate surface area is 124 Å². The Kier molecular flexibility index (Phi) is 6.95. The molecule has 0 saturated heterocycles. The lowest BCUT2D eigenvalue weighted by Gasteiger charge is -2.14. The average Bonchev–Trinajstić information content (AvgIpc) is 2.64. The van der Waals surface area contributed by atoms with E-state index in [4.69, 9.17) is 0 Å². The molecule has 1 aromatic heterocycles. The van der Waals surface area contributed by atoms with E-state index >= 15 is 0 Å². The van der Waals surface area contributed by atoms with Crippen molar-refractivity contribution in [2.45, 2.75) is 46.6 Å². The van der Waals surface area contributed by atoms with Crippen molar-refractivity contribution in [2.24, 2.45) is 5.92 Å². The first-order chi connectivity index (χ1) is 9.38. The fraction of sp³-hybridized carbons (Fsp3) is 0.714. The molecule has 114 valence electrons. The standard InChI is InChI=1S/C14H25N3O2S/c1-9(2)7-12(18)8-16-14(19)15-6-5-13-10(3)17-11(4)20-13/h9,12,18H,5-8H2,1-4H3,(H2,15,16,19). The summed E-state index contributed by atoms with van der Waals surface area (Å²) < 4.78 is 0. The van der Waals surface area contributed by atoms with Crippen molar-refractivity contribution >= 4 is 17.4 Å². The Balaban J connectivity index is 2.19. The maximum Gasteiger partial charge on any atom is 0.314 e. The molecule has 5 nitrogen and oxygen atoms in total. The molecule has 0 aliphatic carbocycles. The highest BCUT2D eigenvalue weighted by Gasteiger charge is 2.09. The predicted octanol–water partition coefficient (Wildman–Crippen LogP) is 2.01. The second kappa shape index (κ2) is 8.21. The molecular weight excluding hydrogens is 274 g/mol. The molecular formula is C14H25N3O2S. The maximum atomic E-state index is 11.6. The van der Waals surface area contributed by atoms with Gasteiger partial charge in [0.05, 0.1) is 16.8 Å². The van der Waals surface area contributed by atoms with E-state index in [1.165, 1.54) is 4.88 Å². The minimum Gasteiger partial charge on any atom is -0.391 e. The third kappa shape index (κ3) is 6.34. The van der Waals surface area contributed by atoms with Crippen LogP contribution in [0.3, 0.4) is 0 Å². The molecule has 20 heavy (non-hydrogen) atoms. The van der Waals surface area contributed by atoms with E-state index in [2.05, 4.69) is 15.6 Å². The van der Waals surface area contributed by atoms with E-state index in [9.17, 15) is 9.90 Å². The second-order valence-corrected chi connectivity index (χ2v) is 6.70. The summed E-state index contributed by atoms with van der Waals surface area (Å²) >= 11 is 1.67. The number of aromatic nitrogens is 1. The fourth-order valence-electron chi connectivity index (χ4n) is 2.00. The SMILES string of the molecule is Cc1nc(C)c(CCNC(=O)NCC(O)CC(C)C)s1. The Morgan fingerprint density at radius 3 is 2.60 bits per heavy atom. The largest absolute Gasteiger partial charge is 0.391 e. The van der Waals surface area contributed by atoms with Gasteiger partial charge in [-0.25, -0.2) is 9.78 Å². The number of aliphatic hydroxyl groups is 1. The van der Waals surface area contributed by atoms with Crippen LogP contribution in [0.4, 0.5) is 4.79 Å². The number of hydrogen-bond acceptors (Lipinski definition) is 4. The van der Waals surface area contributed by atoms with Gasteiger partial charge in [0, 0.05) is 24.4 Å². The molecule has 0 saturated carbocycles. The van der Waals surface area contributed by atoms with Crippen molar-refractivity contribution in [1.29, 1.82) is 0 Å². The summed E-state index contributed by atoms with van der Waals surface area (Å²) in [5.41, 5.74) is 1.04. The summed E-state index contributed by atoms with van der Waals surface area (Å²) in [6.45, 7) is 8.93. The summed E-state index contributed by atoms with van der Waals surface area (Å²) in [5.74, 6) is 0.424. The number of rotatable bonds is 7. The average molecular weight is 299 g/mol. The number of carbonyl (C=O) groups is 1. The summed E-state index contributed by atoms with van der Waals surface area (Å²) in [7, 11) is 0. The highest BCUT2D eigenvalue weighted by atomic mass is 32.1. The van der Waals surface area contributed by atoms with Crippen LogP contribution in [0.25, 0.3) is 0 Å². The molecule has 0 aliphatic heterocycles. The summed E-state index contributed by atoms with van der Waals surface area (Å²) in [5, 5.41) is 16.2. The lowest BCUT2D eigenvalue weighted by Crippen LogP contribution is -2.40. The van der Waals surface area contributed by atoms with Crippen LogP contribution in [0.15, 0.2) is 0 Å². The fourth-order valence-corrected chi connectivity index (χ4v) is 2.93. The number of nitrogens with one attached hydrogen (secondary N) is 2. The predicted molar refractivity (Wildman–Crippen MR) is 82.2 cm³/mol. The quantitative estimate of drug-likeness (QED) is 0.721. The summed E-state index contributed by atoms with van der Waals surface area (Å²) in [6.07, 6.45) is 1.01. The van der Waals surface area contributed by atoms with Crippen LogP contribution >= 0.6 is 11.3 Å². The van der Waals surface area contributed by atoms with Gasteiger partial charge in [-0.3, -0.25) is 0 Å². The van der Waals surface area contributed by atoms with Crippen molar-refractivity contribution in [3.63, 3.8) is 0 Å². The highest BCUT2D eigenvalue weighted by molar-refractivity contribution is 7.11. The zero-order valence-corrected chi connectivity index (χ0v) is 13.5. The molecule has 6 heteroatoms. The topological polar surface area (TPSA) is 74.2 Å². The number of thiazole rings is 1. The van der Waals surface area contributed by atoms with Gasteiger partial charge in [-0.15, -0.1) is 11.3 Å². The normalized spacial score (nSPS) is 12.5. The summed E-state index contributed by atoms with van der Waals surface area (Å²) in [4.78, 5) is 17.1. The van der Waals surface area contributed by atoms with E-state index in [1.54, 1.807) is 11.3 Å². The molecule has 0 fully saturated rings. The Morgan fingerprint density at radius 1 is 1.35 bits per heavy atom. The van der Waals surface area contributed by atoms with Gasteiger partial charge in [-0.2, -0.15) is 0 Å². The van der Waals surface area contributed by atoms with Crippen LogP contribution in [-0.2, 0) is 6.42 Å². The van der Waals surface area contributed by atoms with Gasteiger partial charge in [0.25, 0.3) is 0 Å². The molecule has 1 unspecified atom stereocenters. The number of carbonyl (C=O) groups excluding carboxylic acids is 1. The second-order valence-electron chi connectivity index (χ2n) is 5.41. The van der Waals surface area contributed by atoms with Gasteiger partial charge in [0.1, 0.15) is 0 Å². The monoisotopic (exact) mass is 299 g/mol. The van der Waals surface area contributed by atoms with Gasteiger partial charge in [0.15, 0.2) is 0 Å². The molecule has 1 atom stereocenters. The lowest BCUT2D eigenvalue weighted by atomic mass is 10.1. The number of urea groups is 1. The zero-order valence-electron chi connectivity index (χ0n) is 12.7. The molecule has 1 rings (SSSR count). The first-order valence-corrected chi connectivity index (χ1v) is 7.82. The molecule has 0 aliphatic rings. The Hall–Kier alpha value is -1.14. The van der Waals surface area contributed by atoms with Gasteiger partial charge in [-0.1, -0.05) is 13.8 Å². The molecule has 0 aromatic carbocycles. The Morgan fingerprint density at radius 2 is 2.05 bits per heavy atom. The van der Waals surface area contributed by atoms with Crippen LogP contribution in [0.5, 0.6) is 0 Å². The van der Waals surface area contributed by atoms with Crippen LogP contribution < -0.4 is 10.6 Å². The Bertz CT molecular complexity index is 432. The third-order valence-electron chi connectivity index (χ3n) is 2.88. The molecule has 2 amide bonds. The van der Waals surface area contributed by atoms with E-state index in [0.717, 1.165) is 17.1 Å². The van der Waals surface area contributed by atoms with Crippen molar-refractivity contribution in [3.05, 3.63) is 15.6 Å². The van der Waals surface area contributed by atoms with E-state index < -0.39 is 6.10 Å². The van der Waals surface area contributed by atoms with Crippen molar-refractivity contribution in [1.82, 2.24) is 15.6 Å². The van der Waals surface area contributed by atoms with Crippen LogP contribution in [0.2, 0.25) is 0 Å². The van der Waals surface area contributed by atoms with Crippen LogP contribution in [0.1, 0.15) is 35.8 Å². The molecule has 0 bridgehead atoms. The van der Waals surface area contributed by atoms with Gasteiger partial charge in [-0.05, 0) is 26.2 Å². The van der Waals surface area contributed by atoms with E-state index in [-0.39, 0.29) is 6.03 Å². The van der Waals surface area contributed by atoms with Gasteiger partial charge >= 0.3 is 6.03 Å². The van der Waals surface area contributed by atoms with Gasteiger partial charge in [0.2, 0.25) is 0 Å². The number of aryl methyl sites for hydroxylation is 2. The van der Waals surface area contributed by atoms with Crippen molar-refractivity contribution in [3.8, 4) is 0 Å². The van der Waals surface area contributed by atoms with Crippen LogP contribution in [0, 0.1) is 19.8 Å². The third-order valence-corrected chi connectivity index (χ3v) is 4.01. The smallest absolute Gasteiger partial charge is 0.314 e.